The Morgan fingerprint density at radius 3 is 2.35 bits per heavy atom. The largest absolute Gasteiger partial charge is 0.289 e. The van der Waals surface area contributed by atoms with Crippen molar-refractivity contribution in [2.75, 3.05) is 0 Å². The van der Waals surface area contributed by atoms with Crippen LogP contribution < -0.4 is 0 Å². The van der Waals surface area contributed by atoms with Gasteiger partial charge in [-0.05, 0) is 25.8 Å². The smallest absolute Gasteiger partial charge is 0.196 e. The summed E-state index contributed by atoms with van der Waals surface area (Å²) in [4.78, 5) is 27.4. The first-order valence-electron chi connectivity index (χ1n) is 6.16. The molecule has 0 heterocycles. The molecule has 0 bridgehead atoms. The predicted molar refractivity (Wildman–Crippen MR) is 75.3 cm³/mol. The fourth-order valence-electron chi connectivity index (χ4n) is 2.06. The molecule has 1 aliphatic rings. The molecular formula is C15H13N3O2. The van der Waals surface area contributed by atoms with Crippen LogP contribution in [0.15, 0.2) is 52.3 Å². The average Bonchev–Trinajstić information content (AvgIpc) is 2.44. The van der Waals surface area contributed by atoms with Gasteiger partial charge in [0.05, 0.1) is 5.70 Å². The van der Waals surface area contributed by atoms with E-state index in [2.05, 4.69) is 10.0 Å². The molecule has 5 heteroatoms. The van der Waals surface area contributed by atoms with Crippen LogP contribution in [0.5, 0.6) is 0 Å². The van der Waals surface area contributed by atoms with Gasteiger partial charge in [0, 0.05) is 21.6 Å². The lowest BCUT2D eigenvalue weighted by Gasteiger charge is -2.17. The Hall–Kier alpha value is -2.65. The molecular weight excluding hydrogens is 254 g/mol. The molecule has 0 saturated carbocycles. The van der Waals surface area contributed by atoms with E-state index in [4.69, 9.17) is 5.53 Å². The molecule has 0 unspecified atom stereocenters. The lowest BCUT2D eigenvalue weighted by Crippen LogP contribution is -2.21. The lowest BCUT2D eigenvalue weighted by atomic mass is 9.86. The topological polar surface area (TPSA) is 82.9 Å². The van der Waals surface area contributed by atoms with E-state index in [1.165, 1.54) is 0 Å². The highest BCUT2D eigenvalue weighted by Gasteiger charge is 2.30. The van der Waals surface area contributed by atoms with Gasteiger partial charge in [0.25, 0.3) is 0 Å². The number of allylic oxidation sites excluding steroid dienone is 4. The van der Waals surface area contributed by atoms with Crippen LogP contribution in [-0.4, -0.2) is 11.6 Å². The van der Waals surface area contributed by atoms with Gasteiger partial charge in [0.2, 0.25) is 0 Å². The zero-order chi connectivity index (χ0) is 14.7. The maximum Gasteiger partial charge on any atom is 0.196 e. The van der Waals surface area contributed by atoms with Crippen molar-refractivity contribution in [3.8, 4) is 0 Å². The molecule has 0 amide bonds. The maximum absolute atomic E-state index is 12.4. The van der Waals surface area contributed by atoms with Crippen LogP contribution in [-0.2, 0) is 0 Å². The van der Waals surface area contributed by atoms with Crippen molar-refractivity contribution in [1.29, 1.82) is 0 Å². The number of hydrogen-bond acceptors (Lipinski definition) is 3. The number of benzene rings is 1. The van der Waals surface area contributed by atoms with Crippen LogP contribution in [0.4, 0.5) is 0 Å². The fourth-order valence-corrected chi connectivity index (χ4v) is 2.06. The summed E-state index contributed by atoms with van der Waals surface area (Å²) in [5.41, 5.74) is 10.5. The van der Waals surface area contributed by atoms with E-state index in [0.717, 1.165) is 5.57 Å². The van der Waals surface area contributed by atoms with Crippen molar-refractivity contribution >= 4 is 11.6 Å². The zero-order valence-electron chi connectivity index (χ0n) is 11.3. The second-order valence-electron chi connectivity index (χ2n) is 4.71. The van der Waals surface area contributed by atoms with Crippen molar-refractivity contribution in [1.82, 2.24) is 0 Å². The summed E-state index contributed by atoms with van der Waals surface area (Å²) < 4.78 is 0. The first-order valence-corrected chi connectivity index (χ1v) is 6.16. The Morgan fingerprint density at radius 2 is 1.80 bits per heavy atom. The molecule has 0 aromatic heterocycles. The van der Waals surface area contributed by atoms with Crippen molar-refractivity contribution < 1.29 is 9.59 Å². The highest BCUT2D eigenvalue weighted by molar-refractivity contribution is 6.26. The first kappa shape index (κ1) is 13.8. The summed E-state index contributed by atoms with van der Waals surface area (Å²) in [5, 5.41) is 3.43. The van der Waals surface area contributed by atoms with Crippen molar-refractivity contribution in [2.45, 2.75) is 20.3 Å². The Bertz CT molecular complexity index is 704. The normalized spacial score (nSPS) is 13.7. The number of carbonyl (C=O) groups is 2. The summed E-state index contributed by atoms with van der Waals surface area (Å²) in [7, 11) is 0. The van der Waals surface area contributed by atoms with E-state index in [-0.39, 0.29) is 23.5 Å². The molecule has 100 valence electrons. The number of nitrogens with zero attached hydrogens (tertiary/aromatic N) is 3. The number of carbonyl (C=O) groups excluding carboxylic acids is 2. The standard InChI is InChI=1S/C15H13N3O2/c1-9(2)7-8-12-13(17-18-16)15(20)11-6-4-3-5-10(11)14(12)19/h3-7H,8H2,1-2H3. The second-order valence-corrected chi connectivity index (χ2v) is 4.71. The predicted octanol–water partition coefficient (Wildman–Crippen LogP) is 3.99. The summed E-state index contributed by atoms with van der Waals surface area (Å²) in [6.45, 7) is 3.80. The summed E-state index contributed by atoms with van der Waals surface area (Å²) in [5.74, 6) is -0.643. The first-order chi connectivity index (χ1) is 9.56. The van der Waals surface area contributed by atoms with Crippen LogP contribution in [0.2, 0.25) is 0 Å². The van der Waals surface area contributed by atoms with Gasteiger partial charge in [-0.2, -0.15) is 0 Å². The molecule has 0 saturated heterocycles. The van der Waals surface area contributed by atoms with Gasteiger partial charge >= 0.3 is 0 Å². The third kappa shape index (κ3) is 2.39. The number of fused-ring (bicyclic) bond motifs is 1. The molecule has 5 nitrogen and oxygen atoms in total. The average molecular weight is 267 g/mol. The molecule has 0 fully saturated rings. The number of azide groups is 1. The second kappa shape index (κ2) is 5.55. The monoisotopic (exact) mass is 267 g/mol. The van der Waals surface area contributed by atoms with E-state index < -0.39 is 5.78 Å². The fraction of sp³-hybridized carbons (Fsp3) is 0.200. The van der Waals surface area contributed by atoms with Gasteiger partial charge in [0.1, 0.15) is 0 Å². The summed E-state index contributed by atoms with van der Waals surface area (Å²) in [6, 6.07) is 6.57. The van der Waals surface area contributed by atoms with Gasteiger partial charge in [-0.25, -0.2) is 0 Å². The minimum atomic E-state index is -0.393. The van der Waals surface area contributed by atoms with E-state index in [0.29, 0.717) is 11.1 Å². The molecule has 0 spiro atoms. The molecule has 0 N–H and O–H groups in total. The Kier molecular flexibility index (Phi) is 3.82. The third-order valence-electron chi connectivity index (χ3n) is 3.05. The molecule has 1 aromatic rings. The number of hydrogen-bond donors (Lipinski definition) is 0. The molecule has 1 aliphatic carbocycles. The SMILES string of the molecule is CC(C)=CCC1=C(N=[N+]=[N-])C(=O)c2ccccc2C1=O. The van der Waals surface area contributed by atoms with Gasteiger partial charge in [0.15, 0.2) is 11.6 Å². The maximum atomic E-state index is 12.4. The Morgan fingerprint density at radius 1 is 1.20 bits per heavy atom. The molecule has 1 aromatic carbocycles. The quantitative estimate of drug-likeness (QED) is 0.359. The van der Waals surface area contributed by atoms with Crippen molar-refractivity contribution in [2.24, 2.45) is 5.11 Å². The van der Waals surface area contributed by atoms with E-state index in [9.17, 15) is 9.59 Å². The van der Waals surface area contributed by atoms with Crippen molar-refractivity contribution in [3.05, 3.63) is 68.8 Å². The zero-order valence-corrected chi connectivity index (χ0v) is 11.3. The molecule has 0 atom stereocenters. The van der Waals surface area contributed by atoms with Crippen LogP contribution in [0.25, 0.3) is 10.4 Å². The summed E-state index contributed by atoms with van der Waals surface area (Å²) in [6.07, 6.45) is 2.12. The number of rotatable bonds is 3. The lowest BCUT2D eigenvalue weighted by molar-refractivity contribution is 0.0972. The molecule has 20 heavy (non-hydrogen) atoms. The van der Waals surface area contributed by atoms with E-state index in [1.54, 1.807) is 24.3 Å². The minimum Gasteiger partial charge on any atom is -0.289 e. The molecule has 0 aliphatic heterocycles. The van der Waals surface area contributed by atoms with Crippen molar-refractivity contribution in [3.63, 3.8) is 0 Å². The van der Waals surface area contributed by atoms with Gasteiger partial charge in [-0.3, -0.25) is 9.59 Å². The minimum absolute atomic E-state index is 0.0892. The third-order valence-corrected chi connectivity index (χ3v) is 3.05. The van der Waals surface area contributed by atoms with E-state index >= 15 is 0 Å². The van der Waals surface area contributed by atoms with Crippen LogP contribution >= 0.6 is 0 Å². The van der Waals surface area contributed by atoms with Crippen LogP contribution in [0.1, 0.15) is 41.0 Å². The van der Waals surface area contributed by atoms with Gasteiger partial charge < -0.3 is 0 Å². The number of ketones is 2. The van der Waals surface area contributed by atoms with Crippen LogP contribution in [0, 0.1) is 0 Å². The highest BCUT2D eigenvalue weighted by atomic mass is 16.1. The summed E-state index contributed by atoms with van der Waals surface area (Å²) >= 11 is 0. The van der Waals surface area contributed by atoms with E-state index in [1.807, 2.05) is 19.9 Å². The van der Waals surface area contributed by atoms with Crippen LogP contribution in [0.3, 0.4) is 0 Å². The Labute approximate surface area is 116 Å². The number of Topliss-reactive ketones (excluding diaryl/α,β-unsaturated/α-hetero) is 2. The van der Waals surface area contributed by atoms with Gasteiger partial charge in [-0.15, -0.1) is 0 Å². The molecule has 2 rings (SSSR count). The molecule has 0 radical (unpaired) electrons. The van der Waals surface area contributed by atoms with Gasteiger partial charge in [-0.1, -0.05) is 41.0 Å². The Balaban J connectivity index is 2.62. The highest BCUT2D eigenvalue weighted by Crippen LogP contribution is 2.29.